The standard InChI is InChI=1S/C32H41N7O3/c1-3-30(41)37-16-18-38(19-17-37)31-27-9-11-39(29-22-25(40)21-24-7-4-5-8-26(24)29)23-28(27)33-32(34-31)42-20-6-10-36-14-12-35(2)13-15-36/h3-5,7-8,21-22,40H,1,6,9-20,23H2,2H3. The Morgan fingerprint density at radius 3 is 2.57 bits per heavy atom. The van der Waals surface area contributed by atoms with Crippen LogP contribution in [0.5, 0.6) is 11.8 Å². The minimum absolute atomic E-state index is 0.0299. The number of phenolic OH excluding ortho intramolecular Hbond substituents is 1. The molecule has 0 atom stereocenters. The molecule has 2 saturated heterocycles. The summed E-state index contributed by atoms with van der Waals surface area (Å²) >= 11 is 0. The van der Waals surface area contributed by atoms with Crippen molar-refractivity contribution in [2.75, 3.05) is 88.9 Å². The molecule has 0 spiro atoms. The lowest BCUT2D eigenvalue weighted by Gasteiger charge is -2.38. The van der Waals surface area contributed by atoms with E-state index >= 15 is 0 Å². The van der Waals surface area contributed by atoms with Gasteiger partial charge in [0.1, 0.15) is 11.6 Å². The lowest BCUT2D eigenvalue weighted by Crippen LogP contribution is -2.49. The number of rotatable bonds is 8. The average Bonchev–Trinajstić information content (AvgIpc) is 3.02. The van der Waals surface area contributed by atoms with Crippen LogP contribution in [0.15, 0.2) is 49.1 Å². The quantitative estimate of drug-likeness (QED) is 0.324. The van der Waals surface area contributed by atoms with Crippen molar-refractivity contribution < 1.29 is 14.6 Å². The normalized spacial score (nSPS) is 18.3. The number of hydrogen-bond donors (Lipinski definition) is 1. The van der Waals surface area contributed by atoms with Crippen LogP contribution in [0.4, 0.5) is 11.5 Å². The highest BCUT2D eigenvalue weighted by Crippen LogP contribution is 2.36. The Morgan fingerprint density at radius 2 is 1.79 bits per heavy atom. The van der Waals surface area contributed by atoms with E-state index in [2.05, 4.69) is 39.3 Å². The topological polar surface area (TPSA) is 88.5 Å². The Bertz CT molecular complexity index is 1430. The summed E-state index contributed by atoms with van der Waals surface area (Å²) in [7, 11) is 2.17. The minimum atomic E-state index is -0.0299. The van der Waals surface area contributed by atoms with Gasteiger partial charge >= 0.3 is 6.01 Å². The molecular formula is C32H41N7O3. The molecule has 2 fully saturated rings. The first-order chi connectivity index (χ1) is 20.5. The second kappa shape index (κ2) is 12.5. The molecule has 0 radical (unpaired) electrons. The molecule has 0 unspecified atom stereocenters. The van der Waals surface area contributed by atoms with Crippen molar-refractivity contribution in [1.29, 1.82) is 0 Å². The lowest BCUT2D eigenvalue weighted by atomic mass is 10.0. The fraction of sp³-hybridized carbons (Fsp3) is 0.469. The number of aromatic nitrogens is 2. The Morgan fingerprint density at radius 1 is 1.00 bits per heavy atom. The fourth-order valence-corrected chi connectivity index (χ4v) is 6.25. The highest BCUT2D eigenvalue weighted by Gasteiger charge is 2.29. The van der Waals surface area contributed by atoms with Crippen molar-refractivity contribution in [3.63, 3.8) is 0 Å². The summed E-state index contributed by atoms with van der Waals surface area (Å²) in [4.78, 5) is 33.3. The Balaban J connectivity index is 1.23. The maximum atomic E-state index is 12.2. The zero-order chi connectivity index (χ0) is 29.1. The van der Waals surface area contributed by atoms with E-state index in [9.17, 15) is 9.90 Å². The third-order valence-corrected chi connectivity index (χ3v) is 8.70. The van der Waals surface area contributed by atoms with Crippen LogP contribution in [-0.2, 0) is 17.8 Å². The summed E-state index contributed by atoms with van der Waals surface area (Å²) in [5.74, 6) is 1.15. The van der Waals surface area contributed by atoms with Gasteiger partial charge in [-0.3, -0.25) is 4.79 Å². The molecule has 4 heterocycles. The molecule has 3 aliphatic heterocycles. The first kappa shape index (κ1) is 28.2. The Hall–Kier alpha value is -3.89. The molecule has 1 aromatic heterocycles. The second-order valence-electron chi connectivity index (χ2n) is 11.5. The molecule has 10 nitrogen and oxygen atoms in total. The van der Waals surface area contributed by atoms with E-state index in [1.165, 1.54) is 6.08 Å². The van der Waals surface area contributed by atoms with Crippen molar-refractivity contribution >= 4 is 28.2 Å². The second-order valence-corrected chi connectivity index (χ2v) is 11.5. The third kappa shape index (κ3) is 6.15. The lowest BCUT2D eigenvalue weighted by molar-refractivity contribution is -0.126. The number of fused-ring (bicyclic) bond motifs is 2. The summed E-state index contributed by atoms with van der Waals surface area (Å²) in [6.45, 7) is 13.7. The number of aromatic hydroxyl groups is 1. The van der Waals surface area contributed by atoms with Gasteiger partial charge in [-0.05, 0) is 37.4 Å². The summed E-state index contributed by atoms with van der Waals surface area (Å²) in [6.07, 6.45) is 3.09. The van der Waals surface area contributed by atoms with Crippen LogP contribution in [0.1, 0.15) is 17.7 Å². The van der Waals surface area contributed by atoms with Crippen molar-refractivity contribution in [2.45, 2.75) is 19.4 Å². The van der Waals surface area contributed by atoms with Gasteiger partial charge in [0, 0.05) is 88.2 Å². The zero-order valence-corrected chi connectivity index (χ0v) is 24.5. The van der Waals surface area contributed by atoms with E-state index in [0.717, 1.165) is 85.6 Å². The molecule has 3 aromatic rings. The van der Waals surface area contributed by atoms with Crippen molar-refractivity contribution in [1.82, 2.24) is 24.7 Å². The van der Waals surface area contributed by atoms with E-state index < -0.39 is 0 Å². The van der Waals surface area contributed by atoms with Crippen LogP contribution < -0.4 is 14.5 Å². The van der Waals surface area contributed by atoms with Crippen molar-refractivity contribution in [3.8, 4) is 11.8 Å². The highest BCUT2D eigenvalue weighted by molar-refractivity contribution is 5.95. The first-order valence-corrected chi connectivity index (χ1v) is 15.0. The van der Waals surface area contributed by atoms with Gasteiger partial charge in [-0.25, -0.2) is 0 Å². The number of carbonyl (C=O) groups is 1. The van der Waals surface area contributed by atoms with Gasteiger partial charge in [0.15, 0.2) is 0 Å². The molecule has 6 rings (SSSR count). The van der Waals surface area contributed by atoms with Gasteiger partial charge in [0.2, 0.25) is 5.91 Å². The predicted octanol–water partition coefficient (Wildman–Crippen LogP) is 2.75. The van der Waals surface area contributed by atoms with E-state index in [0.29, 0.717) is 45.3 Å². The monoisotopic (exact) mass is 571 g/mol. The average molecular weight is 572 g/mol. The van der Waals surface area contributed by atoms with E-state index in [1.54, 1.807) is 0 Å². The van der Waals surface area contributed by atoms with Crippen molar-refractivity contribution in [2.24, 2.45) is 0 Å². The number of hydrogen-bond acceptors (Lipinski definition) is 9. The van der Waals surface area contributed by atoms with Crippen LogP contribution in [0, 0.1) is 0 Å². The molecular weight excluding hydrogens is 530 g/mol. The highest BCUT2D eigenvalue weighted by atomic mass is 16.5. The van der Waals surface area contributed by atoms with Crippen LogP contribution in [0.2, 0.25) is 0 Å². The van der Waals surface area contributed by atoms with Gasteiger partial charge in [-0.1, -0.05) is 30.8 Å². The molecule has 222 valence electrons. The smallest absolute Gasteiger partial charge is 0.318 e. The van der Waals surface area contributed by atoms with Crippen LogP contribution in [-0.4, -0.2) is 115 Å². The first-order valence-electron chi connectivity index (χ1n) is 15.0. The Kier molecular flexibility index (Phi) is 8.43. The number of phenols is 1. The summed E-state index contributed by atoms with van der Waals surface area (Å²) < 4.78 is 6.20. The zero-order valence-electron chi connectivity index (χ0n) is 24.5. The molecule has 42 heavy (non-hydrogen) atoms. The number of carbonyl (C=O) groups excluding carboxylic acids is 1. The van der Waals surface area contributed by atoms with E-state index in [-0.39, 0.29) is 11.7 Å². The number of anilines is 2. The van der Waals surface area contributed by atoms with E-state index in [1.807, 2.05) is 35.2 Å². The van der Waals surface area contributed by atoms with Crippen LogP contribution in [0.25, 0.3) is 10.8 Å². The number of likely N-dealkylation sites (N-methyl/N-ethyl adjacent to an activating group) is 1. The number of amides is 1. The van der Waals surface area contributed by atoms with Crippen LogP contribution in [0.3, 0.4) is 0 Å². The largest absolute Gasteiger partial charge is 0.508 e. The predicted molar refractivity (Wildman–Crippen MR) is 165 cm³/mol. The van der Waals surface area contributed by atoms with Crippen LogP contribution >= 0.6 is 0 Å². The molecule has 0 aliphatic carbocycles. The fourth-order valence-electron chi connectivity index (χ4n) is 6.25. The van der Waals surface area contributed by atoms with Gasteiger partial charge in [-0.15, -0.1) is 0 Å². The summed E-state index contributed by atoms with van der Waals surface area (Å²) in [5.41, 5.74) is 3.10. The number of benzene rings is 2. The SMILES string of the molecule is C=CC(=O)N1CCN(c2nc(OCCCN3CCN(C)CC3)nc3c2CCN(c2cc(O)cc4ccccc24)C3)CC1. The van der Waals surface area contributed by atoms with Gasteiger partial charge in [-0.2, -0.15) is 9.97 Å². The van der Waals surface area contributed by atoms with Gasteiger partial charge in [0.05, 0.1) is 18.8 Å². The van der Waals surface area contributed by atoms with E-state index in [4.69, 9.17) is 14.7 Å². The molecule has 0 bridgehead atoms. The van der Waals surface area contributed by atoms with Crippen molar-refractivity contribution in [3.05, 3.63) is 60.3 Å². The molecule has 0 saturated carbocycles. The molecule has 1 N–H and O–H groups in total. The summed E-state index contributed by atoms with van der Waals surface area (Å²) in [5, 5.41) is 12.6. The number of piperazine rings is 2. The third-order valence-electron chi connectivity index (χ3n) is 8.70. The maximum absolute atomic E-state index is 12.2. The number of ether oxygens (including phenoxy) is 1. The summed E-state index contributed by atoms with van der Waals surface area (Å²) in [6, 6.07) is 12.2. The minimum Gasteiger partial charge on any atom is -0.508 e. The maximum Gasteiger partial charge on any atom is 0.318 e. The molecule has 1 amide bonds. The number of nitrogens with zero attached hydrogens (tertiary/aromatic N) is 7. The van der Waals surface area contributed by atoms with Gasteiger partial charge < -0.3 is 34.3 Å². The molecule has 2 aromatic carbocycles. The Labute approximate surface area is 247 Å². The molecule has 10 heteroatoms. The van der Waals surface area contributed by atoms with Gasteiger partial charge in [0.25, 0.3) is 0 Å². The molecule has 3 aliphatic rings.